The number of hydrogen-bond donors (Lipinski definition) is 2. The van der Waals surface area contributed by atoms with E-state index in [1.807, 2.05) is 0 Å². The van der Waals surface area contributed by atoms with Crippen LogP contribution in [0.25, 0.3) is 0 Å². The second-order valence-electron chi connectivity index (χ2n) is 4.83. The Kier molecular flexibility index (Phi) is 5.09. The lowest BCUT2D eigenvalue weighted by Crippen LogP contribution is -2.23. The molecular formula is C11H19N3O3. The molecule has 0 aliphatic heterocycles. The molecule has 1 aromatic rings. The van der Waals surface area contributed by atoms with E-state index in [0.29, 0.717) is 18.8 Å². The van der Waals surface area contributed by atoms with E-state index in [1.54, 1.807) is 0 Å². The standard InChI is InChI=1S/C11H19N3O3/c1-11(2,4-3-10(15)16)5-6-12-7-9-13-8-17-14-9/h8,12H,3-7H2,1-2H3,(H,15,16). The van der Waals surface area contributed by atoms with Gasteiger partial charge in [0, 0.05) is 6.42 Å². The molecule has 1 rings (SSSR count). The first-order valence-corrected chi connectivity index (χ1v) is 5.67. The highest BCUT2D eigenvalue weighted by molar-refractivity contribution is 5.66. The lowest BCUT2D eigenvalue weighted by atomic mass is 9.84. The fourth-order valence-corrected chi connectivity index (χ4v) is 1.47. The molecule has 0 aromatic carbocycles. The third-order valence-corrected chi connectivity index (χ3v) is 2.68. The summed E-state index contributed by atoms with van der Waals surface area (Å²) in [4.78, 5) is 14.4. The Balaban J connectivity index is 2.14. The largest absolute Gasteiger partial charge is 0.481 e. The van der Waals surface area contributed by atoms with Gasteiger partial charge in [-0.3, -0.25) is 4.79 Å². The highest BCUT2D eigenvalue weighted by Gasteiger charge is 2.18. The average Bonchev–Trinajstić information content (AvgIpc) is 2.75. The fourth-order valence-electron chi connectivity index (χ4n) is 1.47. The van der Waals surface area contributed by atoms with Crippen LogP contribution in [0.1, 0.15) is 38.9 Å². The minimum absolute atomic E-state index is 0.0304. The monoisotopic (exact) mass is 241 g/mol. The van der Waals surface area contributed by atoms with Crippen LogP contribution in [0.15, 0.2) is 10.9 Å². The van der Waals surface area contributed by atoms with Crippen LogP contribution >= 0.6 is 0 Å². The van der Waals surface area contributed by atoms with Crippen LogP contribution in [-0.4, -0.2) is 27.8 Å². The number of rotatable bonds is 8. The van der Waals surface area contributed by atoms with Crippen LogP contribution in [0.2, 0.25) is 0 Å². The number of aliphatic carboxylic acids is 1. The Labute approximate surface area is 100 Å². The maximum Gasteiger partial charge on any atom is 0.303 e. The predicted octanol–water partition coefficient (Wildman–Crippen LogP) is 1.44. The van der Waals surface area contributed by atoms with E-state index in [9.17, 15) is 4.79 Å². The normalized spacial score (nSPS) is 11.6. The van der Waals surface area contributed by atoms with E-state index < -0.39 is 5.97 Å². The molecule has 0 amide bonds. The molecule has 0 unspecified atom stereocenters. The van der Waals surface area contributed by atoms with Crippen LogP contribution in [0, 0.1) is 5.41 Å². The van der Waals surface area contributed by atoms with Crippen molar-refractivity contribution in [3.05, 3.63) is 12.2 Å². The van der Waals surface area contributed by atoms with Crippen molar-refractivity contribution >= 4 is 5.97 Å². The lowest BCUT2D eigenvalue weighted by molar-refractivity contribution is -0.137. The molecule has 0 fully saturated rings. The van der Waals surface area contributed by atoms with Crippen LogP contribution < -0.4 is 5.32 Å². The van der Waals surface area contributed by atoms with E-state index in [1.165, 1.54) is 6.39 Å². The quantitative estimate of drug-likeness (QED) is 0.669. The molecule has 0 saturated carbocycles. The Hall–Kier alpha value is -1.43. The summed E-state index contributed by atoms with van der Waals surface area (Å²) in [6.07, 6.45) is 3.12. The Morgan fingerprint density at radius 3 is 2.88 bits per heavy atom. The number of aromatic nitrogens is 2. The van der Waals surface area contributed by atoms with Gasteiger partial charge in [0.15, 0.2) is 5.82 Å². The molecule has 1 aromatic heterocycles. The smallest absolute Gasteiger partial charge is 0.303 e. The van der Waals surface area contributed by atoms with Crippen molar-refractivity contribution in [1.82, 2.24) is 15.5 Å². The van der Waals surface area contributed by atoms with E-state index in [-0.39, 0.29) is 11.8 Å². The summed E-state index contributed by atoms with van der Waals surface area (Å²) < 4.78 is 4.61. The van der Waals surface area contributed by atoms with Crippen molar-refractivity contribution in [2.45, 2.75) is 39.7 Å². The van der Waals surface area contributed by atoms with E-state index >= 15 is 0 Å². The summed E-state index contributed by atoms with van der Waals surface area (Å²) >= 11 is 0. The third-order valence-electron chi connectivity index (χ3n) is 2.68. The number of carboxylic acids is 1. The van der Waals surface area contributed by atoms with Gasteiger partial charge in [-0.05, 0) is 24.8 Å². The van der Waals surface area contributed by atoms with Gasteiger partial charge in [0.2, 0.25) is 6.39 Å². The molecule has 1 heterocycles. The molecule has 0 saturated heterocycles. The first-order valence-electron chi connectivity index (χ1n) is 5.67. The van der Waals surface area contributed by atoms with Gasteiger partial charge in [0.05, 0.1) is 6.54 Å². The Morgan fingerprint density at radius 1 is 1.53 bits per heavy atom. The van der Waals surface area contributed by atoms with Crippen molar-refractivity contribution in [3.8, 4) is 0 Å². The van der Waals surface area contributed by atoms with E-state index in [2.05, 4.69) is 33.8 Å². The molecule has 6 heteroatoms. The minimum atomic E-state index is -0.738. The first-order chi connectivity index (χ1) is 7.99. The van der Waals surface area contributed by atoms with Crippen molar-refractivity contribution in [1.29, 1.82) is 0 Å². The Morgan fingerprint density at radius 2 is 2.29 bits per heavy atom. The molecule has 96 valence electrons. The van der Waals surface area contributed by atoms with E-state index in [0.717, 1.165) is 13.0 Å². The van der Waals surface area contributed by atoms with Gasteiger partial charge in [0.25, 0.3) is 0 Å². The third kappa shape index (κ3) is 6.01. The molecule has 0 bridgehead atoms. The number of nitrogens with one attached hydrogen (secondary N) is 1. The van der Waals surface area contributed by atoms with E-state index in [4.69, 9.17) is 5.11 Å². The summed E-state index contributed by atoms with van der Waals surface area (Å²) in [5.74, 6) is -0.105. The van der Waals surface area contributed by atoms with Crippen molar-refractivity contribution in [2.75, 3.05) is 6.54 Å². The second kappa shape index (κ2) is 6.34. The van der Waals surface area contributed by atoms with Gasteiger partial charge in [-0.1, -0.05) is 19.0 Å². The summed E-state index contributed by atoms with van der Waals surface area (Å²) in [5, 5.41) is 15.5. The summed E-state index contributed by atoms with van der Waals surface area (Å²) in [7, 11) is 0. The number of carboxylic acid groups (broad SMARTS) is 1. The number of carbonyl (C=O) groups is 1. The topological polar surface area (TPSA) is 88.3 Å². The molecule has 6 nitrogen and oxygen atoms in total. The number of hydrogen-bond acceptors (Lipinski definition) is 5. The summed E-state index contributed by atoms with van der Waals surface area (Å²) in [6.45, 7) is 5.53. The number of nitrogens with zero attached hydrogens (tertiary/aromatic N) is 2. The molecule has 17 heavy (non-hydrogen) atoms. The van der Waals surface area contributed by atoms with Crippen LogP contribution in [0.3, 0.4) is 0 Å². The molecule has 2 N–H and O–H groups in total. The SMILES string of the molecule is CC(C)(CCNCc1ncon1)CCC(=O)O. The fraction of sp³-hybridized carbons (Fsp3) is 0.727. The molecule has 0 spiro atoms. The van der Waals surface area contributed by atoms with Gasteiger partial charge >= 0.3 is 5.97 Å². The van der Waals surface area contributed by atoms with Crippen LogP contribution in [0.4, 0.5) is 0 Å². The lowest BCUT2D eigenvalue weighted by Gasteiger charge is -2.23. The minimum Gasteiger partial charge on any atom is -0.481 e. The molecule has 0 aliphatic rings. The predicted molar refractivity (Wildman–Crippen MR) is 61.3 cm³/mol. The maximum absolute atomic E-state index is 10.5. The first kappa shape index (κ1) is 13.6. The second-order valence-corrected chi connectivity index (χ2v) is 4.83. The van der Waals surface area contributed by atoms with Gasteiger partial charge < -0.3 is 14.9 Å². The van der Waals surface area contributed by atoms with Crippen molar-refractivity contribution in [2.24, 2.45) is 5.41 Å². The molecule has 0 aliphatic carbocycles. The van der Waals surface area contributed by atoms with Gasteiger partial charge in [-0.15, -0.1) is 0 Å². The van der Waals surface area contributed by atoms with Crippen molar-refractivity contribution in [3.63, 3.8) is 0 Å². The van der Waals surface area contributed by atoms with Gasteiger partial charge in [0.1, 0.15) is 0 Å². The zero-order valence-corrected chi connectivity index (χ0v) is 10.3. The van der Waals surface area contributed by atoms with Gasteiger partial charge in [-0.2, -0.15) is 4.98 Å². The zero-order chi connectivity index (χ0) is 12.7. The highest BCUT2D eigenvalue weighted by atomic mass is 16.5. The summed E-state index contributed by atoms with van der Waals surface area (Å²) in [5.41, 5.74) is 0.0304. The van der Waals surface area contributed by atoms with Gasteiger partial charge in [-0.25, -0.2) is 0 Å². The van der Waals surface area contributed by atoms with Crippen molar-refractivity contribution < 1.29 is 14.4 Å². The molecule has 0 radical (unpaired) electrons. The summed E-state index contributed by atoms with van der Waals surface area (Å²) in [6, 6.07) is 0. The molecular weight excluding hydrogens is 222 g/mol. The Bertz CT molecular complexity index is 336. The highest BCUT2D eigenvalue weighted by Crippen LogP contribution is 2.25. The average molecular weight is 241 g/mol. The van der Waals surface area contributed by atoms with Crippen LogP contribution in [0.5, 0.6) is 0 Å². The molecule has 0 atom stereocenters. The maximum atomic E-state index is 10.5. The zero-order valence-electron chi connectivity index (χ0n) is 10.3. The van der Waals surface area contributed by atoms with Crippen LogP contribution in [-0.2, 0) is 11.3 Å².